The van der Waals surface area contributed by atoms with Crippen LogP contribution in [0.5, 0.6) is 5.75 Å². The van der Waals surface area contributed by atoms with Gasteiger partial charge in [-0.15, -0.1) is 5.10 Å². The lowest BCUT2D eigenvalue weighted by Gasteiger charge is -2.09. The zero-order valence-corrected chi connectivity index (χ0v) is 10.5. The summed E-state index contributed by atoms with van der Waals surface area (Å²) in [4.78, 5) is 10.8. The van der Waals surface area contributed by atoms with E-state index in [0.29, 0.717) is 16.5 Å². The number of ether oxygens (including phenoxy) is 1. The van der Waals surface area contributed by atoms with Crippen LogP contribution in [0.15, 0.2) is 18.3 Å². The van der Waals surface area contributed by atoms with E-state index in [4.69, 9.17) is 21.4 Å². The summed E-state index contributed by atoms with van der Waals surface area (Å²) in [5, 5.41) is 16.7. The number of hydrogen-bond acceptors (Lipinski definition) is 4. The number of rotatable bonds is 3. The average molecular weight is 268 g/mol. The fourth-order valence-corrected chi connectivity index (χ4v) is 1.62. The quantitative estimate of drug-likeness (QED) is 0.919. The SMILES string of the molecule is COc1cc(Cl)c(C)cc1-n1cc(C(=O)O)nn1. The van der Waals surface area contributed by atoms with Crippen LogP contribution >= 0.6 is 11.6 Å². The lowest BCUT2D eigenvalue weighted by Crippen LogP contribution is -2.00. The van der Waals surface area contributed by atoms with Crippen LogP contribution in [0, 0.1) is 6.92 Å². The minimum absolute atomic E-state index is 0.135. The van der Waals surface area contributed by atoms with E-state index in [9.17, 15) is 4.79 Å². The number of aryl methyl sites for hydroxylation is 1. The Bertz CT molecular complexity index is 610. The van der Waals surface area contributed by atoms with E-state index < -0.39 is 5.97 Å². The van der Waals surface area contributed by atoms with Crippen molar-refractivity contribution in [1.29, 1.82) is 0 Å². The Labute approximate surface area is 108 Å². The van der Waals surface area contributed by atoms with Crippen LogP contribution in [0.3, 0.4) is 0 Å². The molecule has 0 bridgehead atoms. The second-order valence-electron chi connectivity index (χ2n) is 3.63. The summed E-state index contributed by atoms with van der Waals surface area (Å²) >= 11 is 5.99. The molecular weight excluding hydrogens is 258 g/mol. The first kappa shape index (κ1) is 12.4. The van der Waals surface area contributed by atoms with Crippen molar-refractivity contribution in [3.63, 3.8) is 0 Å². The smallest absolute Gasteiger partial charge is 0.358 e. The van der Waals surface area contributed by atoms with Crippen LogP contribution in [0.1, 0.15) is 16.1 Å². The van der Waals surface area contributed by atoms with Crippen molar-refractivity contribution in [3.8, 4) is 11.4 Å². The summed E-state index contributed by atoms with van der Waals surface area (Å²) in [5.41, 5.74) is 1.28. The van der Waals surface area contributed by atoms with Gasteiger partial charge in [-0.3, -0.25) is 0 Å². The Morgan fingerprint density at radius 2 is 2.22 bits per heavy atom. The Morgan fingerprint density at radius 1 is 1.50 bits per heavy atom. The van der Waals surface area contributed by atoms with Crippen molar-refractivity contribution < 1.29 is 14.6 Å². The molecule has 1 N–H and O–H groups in total. The molecule has 0 aliphatic heterocycles. The summed E-state index contributed by atoms with van der Waals surface area (Å²) < 4.78 is 6.52. The predicted molar refractivity (Wildman–Crippen MR) is 64.6 cm³/mol. The number of carbonyl (C=O) groups is 1. The molecular formula is C11H10ClN3O3. The van der Waals surface area contributed by atoms with Gasteiger partial charge in [0.25, 0.3) is 0 Å². The number of aromatic nitrogens is 3. The maximum Gasteiger partial charge on any atom is 0.358 e. The van der Waals surface area contributed by atoms with Crippen molar-refractivity contribution in [1.82, 2.24) is 15.0 Å². The standard InChI is InChI=1S/C11H10ClN3O3/c1-6-3-9(10(18-2)4-7(6)12)15-5-8(11(16)17)13-14-15/h3-5H,1-2H3,(H,16,17). The number of halogens is 1. The van der Waals surface area contributed by atoms with E-state index in [0.717, 1.165) is 5.56 Å². The third-order valence-electron chi connectivity index (χ3n) is 2.42. The summed E-state index contributed by atoms with van der Waals surface area (Å²) in [6.07, 6.45) is 1.31. The van der Waals surface area contributed by atoms with Crippen LogP contribution in [0.25, 0.3) is 5.69 Å². The highest BCUT2D eigenvalue weighted by molar-refractivity contribution is 6.31. The van der Waals surface area contributed by atoms with Gasteiger partial charge in [-0.1, -0.05) is 16.8 Å². The molecule has 0 spiro atoms. The summed E-state index contributed by atoms with van der Waals surface area (Å²) in [6, 6.07) is 3.40. The fraction of sp³-hybridized carbons (Fsp3) is 0.182. The third-order valence-corrected chi connectivity index (χ3v) is 2.83. The van der Waals surface area contributed by atoms with E-state index in [1.165, 1.54) is 18.0 Å². The summed E-state index contributed by atoms with van der Waals surface area (Å²) in [7, 11) is 1.50. The van der Waals surface area contributed by atoms with E-state index >= 15 is 0 Å². The van der Waals surface area contributed by atoms with Gasteiger partial charge in [0.2, 0.25) is 0 Å². The lowest BCUT2D eigenvalue weighted by molar-refractivity contribution is 0.0690. The van der Waals surface area contributed by atoms with Gasteiger partial charge in [0.1, 0.15) is 11.4 Å². The van der Waals surface area contributed by atoms with Crippen LogP contribution in [0.4, 0.5) is 0 Å². The van der Waals surface area contributed by atoms with E-state index in [2.05, 4.69) is 10.3 Å². The molecule has 0 saturated carbocycles. The van der Waals surface area contributed by atoms with Gasteiger partial charge in [0.15, 0.2) is 5.69 Å². The lowest BCUT2D eigenvalue weighted by atomic mass is 10.2. The predicted octanol–water partition coefficient (Wildman–Crippen LogP) is 1.94. The Balaban J connectivity index is 2.55. The van der Waals surface area contributed by atoms with Crippen LogP contribution < -0.4 is 4.74 Å². The Morgan fingerprint density at radius 3 is 2.78 bits per heavy atom. The Kier molecular flexibility index (Phi) is 3.20. The molecule has 18 heavy (non-hydrogen) atoms. The van der Waals surface area contributed by atoms with Gasteiger partial charge in [0, 0.05) is 11.1 Å². The van der Waals surface area contributed by atoms with Crippen LogP contribution in [-0.2, 0) is 0 Å². The largest absolute Gasteiger partial charge is 0.494 e. The molecule has 1 heterocycles. The number of carboxylic acids is 1. The second-order valence-corrected chi connectivity index (χ2v) is 4.03. The first-order valence-corrected chi connectivity index (χ1v) is 5.41. The van der Waals surface area contributed by atoms with E-state index in [1.54, 1.807) is 12.1 Å². The number of benzene rings is 1. The molecule has 0 fully saturated rings. The van der Waals surface area contributed by atoms with Crippen molar-refractivity contribution in [2.45, 2.75) is 6.92 Å². The second kappa shape index (κ2) is 4.66. The number of aromatic carboxylic acids is 1. The minimum Gasteiger partial charge on any atom is -0.494 e. The van der Waals surface area contributed by atoms with Crippen LogP contribution in [0.2, 0.25) is 5.02 Å². The maximum atomic E-state index is 10.8. The monoisotopic (exact) mass is 267 g/mol. The molecule has 0 aliphatic carbocycles. The molecule has 94 valence electrons. The van der Waals surface area contributed by atoms with E-state index in [-0.39, 0.29) is 5.69 Å². The molecule has 0 amide bonds. The van der Waals surface area contributed by atoms with Gasteiger partial charge < -0.3 is 9.84 Å². The highest BCUT2D eigenvalue weighted by Crippen LogP contribution is 2.29. The van der Waals surface area contributed by atoms with Gasteiger partial charge in [-0.05, 0) is 18.6 Å². The molecule has 6 nitrogen and oxygen atoms in total. The number of carboxylic acid groups (broad SMARTS) is 1. The summed E-state index contributed by atoms with van der Waals surface area (Å²) in [6.45, 7) is 1.83. The Hall–Kier alpha value is -2.08. The van der Waals surface area contributed by atoms with Gasteiger partial charge in [-0.25, -0.2) is 9.48 Å². The van der Waals surface area contributed by atoms with Crippen molar-refractivity contribution in [2.24, 2.45) is 0 Å². The third kappa shape index (κ3) is 2.14. The molecule has 0 saturated heterocycles. The molecule has 0 atom stereocenters. The van der Waals surface area contributed by atoms with Crippen molar-refractivity contribution >= 4 is 17.6 Å². The molecule has 7 heteroatoms. The minimum atomic E-state index is -1.13. The normalized spacial score (nSPS) is 10.4. The van der Waals surface area contributed by atoms with Crippen molar-refractivity contribution in [3.05, 3.63) is 34.6 Å². The number of hydrogen-bond donors (Lipinski definition) is 1. The topological polar surface area (TPSA) is 77.2 Å². The number of methoxy groups -OCH3 is 1. The van der Waals surface area contributed by atoms with Gasteiger partial charge >= 0.3 is 5.97 Å². The van der Waals surface area contributed by atoms with Crippen LogP contribution in [-0.4, -0.2) is 33.2 Å². The average Bonchev–Trinajstić information content (AvgIpc) is 2.81. The van der Waals surface area contributed by atoms with Crippen molar-refractivity contribution in [2.75, 3.05) is 7.11 Å². The highest BCUT2D eigenvalue weighted by Gasteiger charge is 2.13. The number of nitrogens with zero attached hydrogens (tertiary/aromatic N) is 3. The molecule has 0 aliphatic rings. The maximum absolute atomic E-state index is 10.8. The van der Waals surface area contributed by atoms with E-state index in [1.807, 2.05) is 6.92 Å². The zero-order chi connectivity index (χ0) is 13.3. The summed E-state index contributed by atoms with van der Waals surface area (Å²) in [5.74, 6) is -0.640. The molecule has 2 rings (SSSR count). The first-order chi connectivity index (χ1) is 8.52. The molecule has 0 radical (unpaired) electrons. The molecule has 1 aromatic carbocycles. The fourth-order valence-electron chi connectivity index (χ4n) is 1.47. The highest BCUT2D eigenvalue weighted by atomic mass is 35.5. The molecule has 0 unspecified atom stereocenters. The van der Waals surface area contributed by atoms with Gasteiger partial charge in [0.05, 0.1) is 13.3 Å². The molecule has 2 aromatic rings. The first-order valence-electron chi connectivity index (χ1n) is 5.03. The zero-order valence-electron chi connectivity index (χ0n) is 9.72. The molecule has 1 aromatic heterocycles. The van der Waals surface area contributed by atoms with Gasteiger partial charge in [-0.2, -0.15) is 0 Å².